The van der Waals surface area contributed by atoms with Gasteiger partial charge in [-0.2, -0.15) is 0 Å². The summed E-state index contributed by atoms with van der Waals surface area (Å²) in [6, 6.07) is 12.5. The Morgan fingerprint density at radius 1 is 1.04 bits per heavy atom. The molecule has 0 aliphatic rings. The van der Waals surface area contributed by atoms with Crippen LogP contribution in [0.2, 0.25) is 0 Å². The summed E-state index contributed by atoms with van der Waals surface area (Å²) in [6.07, 6.45) is 0. The van der Waals surface area contributed by atoms with E-state index in [9.17, 15) is 13.2 Å². The van der Waals surface area contributed by atoms with Crippen molar-refractivity contribution < 1.29 is 27.1 Å². The smallest absolute Gasteiger partial charge is 0.322 e. The van der Waals surface area contributed by atoms with Crippen LogP contribution in [-0.2, 0) is 14.6 Å². The molecule has 0 atom stereocenters. The molecule has 9 nitrogen and oxygen atoms in total. The van der Waals surface area contributed by atoms with Gasteiger partial charge in [0.2, 0.25) is 11.8 Å². The summed E-state index contributed by atoms with van der Waals surface area (Å²) < 4.78 is 40.2. The number of amides is 1. The quantitative estimate of drug-likeness (QED) is 0.637. The number of sulfone groups is 1. The number of benzene rings is 2. The van der Waals surface area contributed by atoms with Crippen molar-refractivity contribution in [3.8, 4) is 23.0 Å². The number of ether oxygens (including phenoxy) is 2. The molecular weight excluding hydrogens is 386 g/mol. The molecule has 0 saturated carbocycles. The number of carbonyl (C=O) groups is 1. The van der Waals surface area contributed by atoms with Crippen molar-refractivity contribution in [1.82, 2.24) is 10.2 Å². The highest BCUT2D eigenvalue weighted by molar-refractivity contribution is 7.92. The zero-order chi connectivity index (χ0) is 20.1. The monoisotopic (exact) mass is 403 g/mol. The zero-order valence-electron chi connectivity index (χ0n) is 15.1. The first kappa shape index (κ1) is 19.4. The molecule has 0 saturated heterocycles. The first-order chi connectivity index (χ1) is 13.4. The van der Waals surface area contributed by atoms with E-state index in [-0.39, 0.29) is 16.8 Å². The van der Waals surface area contributed by atoms with E-state index in [0.717, 1.165) is 0 Å². The summed E-state index contributed by atoms with van der Waals surface area (Å²) in [5, 5.41) is 9.85. The fraction of sp³-hybridized carbons (Fsp3) is 0.167. The van der Waals surface area contributed by atoms with Gasteiger partial charge in [-0.1, -0.05) is 11.2 Å². The average Bonchev–Trinajstić information content (AvgIpc) is 3.16. The van der Waals surface area contributed by atoms with Crippen molar-refractivity contribution in [2.24, 2.45) is 0 Å². The van der Waals surface area contributed by atoms with Crippen LogP contribution in [0.15, 0.2) is 57.8 Å². The van der Waals surface area contributed by atoms with Gasteiger partial charge in [0.05, 0.1) is 19.1 Å². The SMILES string of the molecule is COc1ccc(S(=O)(=O)CC(=O)Nc2nnc(-c3cccc(OC)c3)o2)cc1. The second-order valence-corrected chi connectivity index (χ2v) is 7.62. The van der Waals surface area contributed by atoms with Crippen LogP contribution in [-0.4, -0.2) is 44.5 Å². The number of nitrogens with zero attached hydrogens (tertiary/aromatic N) is 2. The van der Waals surface area contributed by atoms with Crippen LogP contribution in [0.3, 0.4) is 0 Å². The maximum absolute atomic E-state index is 12.3. The Morgan fingerprint density at radius 3 is 2.43 bits per heavy atom. The zero-order valence-corrected chi connectivity index (χ0v) is 15.9. The number of carbonyl (C=O) groups excluding carboxylic acids is 1. The largest absolute Gasteiger partial charge is 0.497 e. The highest BCUT2D eigenvalue weighted by Crippen LogP contribution is 2.24. The number of aromatic nitrogens is 2. The average molecular weight is 403 g/mol. The summed E-state index contributed by atoms with van der Waals surface area (Å²) in [5.41, 5.74) is 0.596. The number of anilines is 1. The van der Waals surface area contributed by atoms with Gasteiger partial charge in [-0.3, -0.25) is 10.1 Å². The summed E-state index contributed by atoms with van der Waals surface area (Å²) in [6.45, 7) is 0. The highest BCUT2D eigenvalue weighted by Gasteiger charge is 2.21. The Balaban J connectivity index is 1.68. The third-order valence-electron chi connectivity index (χ3n) is 3.73. The van der Waals surface area contributed by atoms with Crippen LogP contribution >= 0.6 is 0 Å². The number of hydrogen-bond acceptors (Lipinski definition) is 8. The minimum Gasteiger partial charge on any atom is -0.497 e. The molecule has 0 unspecified atom stereocenters. The first-order valence-electron chi connectivity index (χ1n) is 8.06. The number of rotatable bonds is 7. The Kier molecular flexibility index (Phi) is 5.59. The summed E-state index contributed by atoms with van der Waals surface area (Å²) >= 11 is 0. The maximum Gasteiger partial charge on any atom is 0.322 e. The Labute approximate surface area is 161 Å². The maximum atomic E-state index is 12.3. The van der Waals surface area contributed by atoms with E-state index in [2.05, 4.69) is 15.5 Å². The molecule has 1 N–H and O–H groups in total. The van der Waals surface area contributed by atoms with Crippen LogP contribution in [0, 0.1) is 0 Å². The molecule has 10 heteroatoms. The van der Waals surface area contributed by atoms with Crippen LogP contribution in [0.4, 0.5) is 6.01 Å². The van der Waals surface area contributed by atoms with Gasteiger partial charge in [0.15, 0.2) is 9.84 Å². The molecule has 0 radical (unpaired) electrons. The molecule has 1 aromatic heterocycles. The Hall–Kier alpha value is -3.40. The van der Waals surface area contributed by atoms with Crippen LogP contribution in [0.1, 0.15) is 0 Å². The lowest BCUT2D eigenvalue weighted by Gasteiger charge is -2.05. The van der Waals surface area contributed by atoms with Crippen LogP contribution < -0.4 is 14.8 Å². The molecule has 1 heterocycles. The summed E-state index contributed by atoms with van der Waals surface area (Å²) in [7, 11) is -0.830. The molecule has 0 aliphatic heterocycles. The Bertz CT molecular complexity index is 1080. The normalized spacial score (nSPS) is 11.1. The highest BCUT2D eigenvalue weighted by atomic mass is 32.2. The second kappa shape index (κ2) is 8.09. The topological polar surface area (TPSA) is 121 Å². The Morgan fingerprint density at radius 2 is 1.75 bits per heavy atom. The molecule has 3 rings (SSSR count). The van der Waals surface area contributed by atoms with E-state index in [1.807, 2.05) is 0 Å². The van der Waals surface area contributed by atoms with E-state index in [0.29, 0.717) is 17.1 Å². The molecule has 0 aliphatic carbocycles. The van der Waals surface area contributed by atoms with Gasteiger partial charge in [-0.25, -0.2) is 8.42 Å². The molecule has 2 aromatic carbocycles. The van der Waals surface area contributed by atoms with Gasteiger partial charge in [-0.15, -0.1) is 5.10 Å². The lowest BCUT2D eigenvalue weighted by molar-refractivity contribution is -0.114. The molecule has 3 aromatic rings. The molecule has 28 heavy (non-hydrogen) atoms. The van der Waals surface area contributed by atoms with E-state index in [1.54, 1.807) is 24.3 Å². The summed E-state index contributed by atoms with van der Waals surface area (Å²) in [5.74, 6) is -0.286. The molecular formula is C18H17N3O6S. The number of hydrogen-bond donors (Lipinski definition) is 1. The van der Waals surface area contributed by atoms with Crippen molar-refractivity contribution in [1.29, 1.82) is 0 Å². The minimum atomic E-state index is -3.83. The lowest BCUT2D eigenvalue weighted by atomic mass is 10.2. The van der Waals surface area contributed by atoms with Gasteiger partial charge in [-0.05, 0) is 42.5 Å². The standard InChI is InChI=1S/C18H17N3O6S/c1-25-13-6-8-15(9-7-13)28(23,24)11-16(22)19-18-21-20-17(27-18)12-4-3-5-14(10-12)26-2/h3-10H,11H2,1-2H3,(H,19,21,22). The van der Waals surface area contributed by atoms with E-state index < -0.39 is 21.5 Å². The molecule has 1 amide bonds. The van der Waals surface area contributed by atoms with Crippen molar-refractivity contribution in [2.45, 2.75) is 4.90 Å². The minimum absolute atomic E-state index is 0.00560. The van der Waals surface area contributed by atoms with Crippen molar-refractivity contribution in [2.75, 3.05) is 25.3 Å². The van der Waals surface area contributed by atoms with Crippen molar-refractivity contribution >= 4 is 21.8 Å². The van der Waals surface area contributed by atoms with Gasteiger partial charge in [0.1, 0.15) is 17.3 Å². The van der Waals surface area contributed by atoms with E-state index >= 15 is 0 Å². The first-order valence-corrected chi connectivity index (χ1v) is 9.71. The molecule has 0 fully saturated rings. The van der Waals surface area contributed by atoms with E-state index in [4.69, 9.17) is 13.9 Å². The summed E-state index contributed by atoms with van der Waals surface area (Å²) in [4.78, 5) is 12.1. The van der Waals surface area contributed by atoms with Crippen LogP contribution in [0.5, 0.6) is 11.5 Å². The third-order valence-corrected chi connectivity index (χ3v) is 5.36. The second-order valence-electron chi connectivity index (χ2n) is 5.63. The molecule has 0 spiro atoms. The predicted octanol–water partition coefficient (Wildman–Crippen LogP) is 2.17. The third kappa shape index (κ3) is 4.46. The molecule has 0 bridgehead atoms. The fourth-order valence-corrected chi connectivity index (χ4v) is 3.48. The van der Waals surface area contributed by atoms with Crippen molar-refractivity contribution in [3.63, 3.8) is 0 Å². The van der Waals surface area contributed by atoms with E-state index in [1.165, 1.54) is 38.5 Å². The van der Waals surface area contributed by atoms with Gasteiger partial charge < -0.3 is 13.9 Å². The number of nitrogens with one attached hydrogen (secondary N) is 1. The van der Waals surface area contributed by atoms with Gasteiger partial charge in [0, 0.05) is 5.56 Å². The fourth-order valence-electron chi connectivity index (χ4n) is 2.34. The number of methoxy groups -OCH3 is 2. The lowest BCUT2D eigenvalue weighted by Crippen LogP contribution is -2.23. The van der Waals surface area contributed by atoms with Gasteiger partial charge in [0.25, 0.3) is 0 Å². The van der Waals surface area contributed by atoms with Crippen LogP contribution in [0.25, 0.3) is 11.5 Å². The predicted molar refractivity (Wildman–Crippen MR) is 100.0 cm³/mol. The van der Waals surface area contributed by atoms with Crippen molar-refractivity contribution in [3.05, 3.63) is 48.5 Å². The molecule has 146 valence electrons. The van der Waals surface area contributed by atoms with Gasteiger partial charge >= 0.3 is 6.01 Å².